The van der Waals surface area contributed by atoms with Gasteiger partial charge in [-0.2, -0.15) is 0 Å². The number of ether oxygens (including phenoxy) is 1. The lowest BCUT2D eigenvalue weighted by Crippen LogP contribution is -2.42. The smallest absolute Gasteiger partial charge is 0.316 e. The first-order valence-electron chi connectivity index (χ1n) is 9.48. The van der Waals surface area contributed by atoms with Crippen molar-refractivity contribution >= 4 is 23.2 Å². The van der Waals surface area contributed by atoms with Gasteiger partial charge in [-0.3, -0.25) is 4.79 Å². The van der Waals surface area contributed by atoms with E-state index in [1.165, 1.54) is 12.8 Å². The highest BCUT2D eigenvalue weighted by atomic mass is 35.5. The van der Waals surface area contributed by atoms with Gasteiger partial charge in [-0.1, -0.05) is 11.6 Å². The predicted octanol–water partition coefficient (Wildman–Crippen LogP) is 3.41. The summed E-state index contributed by atoms with van der Waals surface area (Å²) in [5.41, 5.74) is 1.68. The minimum atomic E-state index is 0.0271. The van der Waals surface area contributed by atoms with Crippen molar-refractivity contribution < 1.29 is 9.53 Å². The molecule has 0 bridgehead atoms. The van der Waals surface area contributed by atoms with Crippen molar-refractivity contribution in [2.75, 3.05) is 31.1 Å². The Morgan fingerprint density at radius 1 is 1.07 bits per heavy atom. The molecule has 1 aromatic heterocycles. The minimum Gasteiger partial charge on any atom is -0.460 e. The number of piperidine rings is 1. The average Bonchev–Trinajstić information content (AvgIpc) is 3.23. The van der Waals surface area contributed by atoms with Crippen LogP contribution in [0.5, 0.6) is 6.01 Å². The van der Waals surface area contributed by atoms with Gasteiger partial charge in [0.2, 0.25) is 0 Å². The van der Waals surface area contributed by atoms with Gasteiger partial charge in [0.1, 0.15) is 6.10 Å². The number of hydrogen-bond donors (Lipinski definition) is 0. The zero-order chi connectivity index (χ0) is 18.6. The number of hydrogen-bond acceptors (Lipinski definition) is 5. The van der Waals surface area contributed by atoms with Crippen molar-refractivity contribution in [2.24, 2.45) is 0 Å². The second kappa shape index (κ2) is 8.13. The minimum absolute atomic E-state index is 0.0271. The third-order valence-corrected chi connectivity index (χ3v) is 5.49. The van der Waals surface area contributed by atoms with Crippen LogP contribution in [0.2, 0.25) is 5.02 Å². The van der Waals surface area contributed by atoms with Crippen LogP contribution in [0.25, 0.3) is 0 Å². The summed E-state index contributed by atoms with van der Waals surface area (Å²) in [4.78, 5) is 25.2. The van der Waals surface area contributed by atoms with Crippen LogP contribution in [0, 0.1) is 0 Å². The molecule has 0 unspecified atom stereocenters. The maximum absolute atomic E-state index is 12.8. The number of halogens is 1. The van der Waals surface area contributed by atoms with Gasteiger partial charge in [0, 0.05) is 57.0 Å². The number of rotatable bonds is 4. The summed E-state index contributed by atoms with van der Waals surface area (Å²) in [6.45, 7) is 3.38. The molecule has 2 aliphatic rings. The molecule has 0 atom stereocenters. The monoisotopic (exact) mass is 386 g/mol. The highest BCUT2D eigenvalue weighted by molar-refractivity contribution is 6.33. The fraction of sp³-hybridized carbons (Fsp3) is 0.450. The molecule has 0 aliphatic carbocycles. The van der Waals surface area contributed by atoms with Crippen molar-refractivity contribution in [2.45, 2.75) is 31.8 Å². The number of anilines is 1. The molecule has 2 aromatic rings. The third-order valence-electron chi connectivity index (χ3n) is 5.18. The molecule has 1 aromatic carbocycles. The molecule has 2 saturated heterocycles. The fourth-order valence-electron chi connectivity index (χ4n) is 3.71. The SMILES string of the molecule is O=C(c1ccc(N2CCCC2)c(Cl)c1)N1CCC(Oc2ncccn2)CC1. The van der Waals surface area contributed by atoms with Crippen LogP contribution in [0.4, 0.5) is 5.69 Å². The second-order valence-electron chi connectivity index (χ2n) is 7.00. The van der Waals surface area contributed by atoms with Crippen LogP contribution >= 0.6 is 11.6 Å². The third kappa shape index (κ3) is 4.16. The van der Waals surface area contributed by atoms with E-state index in [9.17, 15) is 4.79 Å². The Labute approximate surface area is 164 Å². The number of likely N-dealkylation sites (tertiary alicyclic amines) is 1. The molecule has 2 aliphatic heterocycles. The van der Waals surface area contributed by atoms with E-state index in [0.29, 0.717) is 29.7 Å². The van der Waals surface area contributed by atoms with Crippen molar-refractivity contribution in [1.82, 2.24) is 14.9 Å². The summed E-state index contributed by atoms with van der Waals surface area (Å²) in [5, 5.41) is 0.655. The molecule has 7 heteroatoms. The maximum Gasteiger partial charge on any atom is 0.316 e. The van der Waals surface area contributed by atoms with Gasteiger partial charge in [0.15, 0.2) is 0 Å². The Bertz CT molecular complexity index is 788. The number of amides is 1. The van der Waals surface area contributed by atoms with Crippen LogP contribution in [0.3, 0.4) is 0 Å². The van der Waals surface area contributed by atoms with E-state index in [4.69, 9.17) is 16.3 Å². The molecule has 2 fully saturated rings. The van der Waals surface area contributed by atoms with E-state index < -0.39 is 0 Å². The van der Waals surface area contributed by atoms with E-state index in [0.717, 1.165) is 31.6 Å². The first-order chi connectivity index (χ1) is 13.2. The van der Waals surface area contributed by atoms with Crippen molar-refractivity contribution in [1.29, 1.82) is 0 Å². The maximum atomic E-state index is 12.8. The lowest BCUT2D eigenvalue weighted by molar-refractivity contribution is 0.0578. The molecule has 0 radical (unpaired) electrons. The molecule has 4 rings (SSSR count). The molecule has 0 saturated carbocycles. The summed E-state index contributed by atoms with van der Waals surface area (Å²) in [7, 11) is 0. The highest BCUT2D eigenvalue weighted by Gasteiger charge is 2.26. The van der Waals surface area contributed by atoms with Crippen LogP contribution in [-0.2, 0) is 0 Å². The Balaban J connectivity index is 1.35. The fourth-order valence-corrected chi connectivity index (χ4v) is 4.01. The molecule has 0 spiro atoms. The summed E-state index contributed by atoms with van der Waals surface area (Å²) >= 11 is 6.46. The molecule has 27 heavy (non-hydrogen) atoms. The normalized spacial score (nSPS) is 18.0. The predicted molar refractivity (Wildman–Crippen MR) is 104 cm³/mol. The molecule has 3 heterocycles. The van der Waals surface area contributed by atoms with Gasteiger partial charge < -0.3 is 14.5 Å². The first kappa shape index (κ1) is 18.0. The van der Waals surface area contributed by atoms with Crippen LogP contribution in [0.15, 0.2) is 36.7 Å². The van der Waals surface area contributed by atoms with Crippen molar-refractivity contribution in [3.05, 3.63) is 47.2 Å². The quantitative estimate of drug-likeness (QED) is 0.805. The number of carbonyl (C=O) groups excluding carboxylic acids is 1. The molecule has 142 valence electrons. The van der Waals surface area contributed by atoms with E-state index >= 15 is 0 Å². The Morgan fingerprint density at radius 3 is 2.44 bits per heavy atom. The second-order valence-corrected chi connectivity index (χ2v) is 7.41. The van der Waals surface area contributed by atoms with E-state index in [2.05, 4.69) is 14.9 Å². The number of nitrogens with zero attached hydrogens (tertiary/aromatic N) is 4. The summed E-state index contributed by atoms with van der Waals surface area (Å²) in [6, 6.07) is 7.82. The summed E-state index contributed by atoms with van der Waals surface area (Å²) in [5.74, 6) is 0.0271. The largest absolute Gasteiger partial charge is 0.460 e. The van der Waals surface area contributed by atoms with Gasteiger partial charge in [0.25, 0.3) is 5.91 Å². The van der Waals surface area contributed by atoms with E-state index in [1.54, 1.807) is 24.5 Å². The van der Waals surface area contributed by atoms with Crippen LogP contribution in [-0.4, -0.2) is 53.1 Å². The molecule has 0 N–H and O–H groups in total. The Hall–Kier alpha value is -2.34. The van der Waals surface area contributed by atoms with Gasteiger partial charge in [-0.15, -0.1) is 0 Å². The van der Waals surface area contributed by atoms with Crippen LogP contribution in [0.1, 0.15) is 36.0 Å². The summed E-state index contributed by atoms with van der Waals surface area (Å²) < 4.78 is 5.79. The van der Waals surface area contributed by atoms with Gasteiger partial charge in [0.05, 0.1) is 10.7 Å². The van der Waals surface area contributed by atoms with E-state index in [-0.39, 0.29) is 12.0 Å². The number of aromatic nitrogens is 2. The summed E-state index contributed by atoms with van der Waals surface area (Å²) in [6.07, 6.45) is 7.29. The zero-order valence-electron chi connectivity index (χ0n) is 15.2. The van der Waals surface area contributed by atoms with E-state index in [1.807, 2.05) is 17.0 Å². The van der Waals surface area contributed by atoms with Gasteiger partial charge in [-0.25, -0.2) is 9.97 Å². The average molecular weight is 387 g/mol. The molecular formula is C20H23ClN4O2. The first-order valence-corrected chi connectivity index (χ1v) is 9.86. The van der Waals surface area contributed by atoms with Crippen molar-refractivity contribution in [3.63, 3.8) is 0 Å². The van der Waals surface area contributed by atoms with Gasteiger partial charge in [-0.05, 0) is 37.1 Å². The lowest BCUT2D eigenvalue weighted by Gasteiger charge is -2.32. The highest BCUT2D eigenvalue weighted by Crippen LogP contribution is 2.30. The van der Waals surface area contributed by atoms with Crippen molar-refractivity contribution in [3.8, 4) is 6.01 Å². The topological polar surface area (TPSA) is 58.6 Å². The standard InChI is InChI=1S/C20H23ClN4O2/c21-17-14-15(4-5-18(17)24-10-1-2-11-24)19(26)25-12-6-16(7-13-25)27-20-22-8-3-9-23-20/h3-5,8-9,14,16H,1-2,6-7,10-13H2. The molecule has 1 amide bonds. The zero-order valence-corrected chi connectivity index (χ0v) is 15.9. The number of carbonyl (C=O) groups is 1. The van der Waals surface area contributed by atoms with Crippen LogP contribution < -0.4 is 9.64 Å². The number of benzene rings is 1. The molecule has 6 nitrogen and oxygen atoms in total. The lowest BCUT2D eigenvalue weighted by atomic mass is 10.1. The van der Waals surface area contributed by atoms with Gasteiger partial charge >= 0.3 is 6.01 Å². The molecular weight excluding hydrogens is 364 g/mol. The Morgan fingerprint density at radius 2 is 1.78 bits per heavy atom. The Kier molecular flexibility index (Phi) is 5.43.